The summed E-state index contributed by atoms with van der Waals surface area (Å²) in [7, 11) is 0. The minimum absolute atomic E-state index is 0.108. The van der Waals surface area contributed by atoms with E-state index in [4.69, 9.17) is 0 Å². The van der Waals surface area contributed by atoms with Crippen molar-refractivity contribution in [1.82, 2.24) is 14.8 Å². The molecule has 1 aliphatic carbocycles. The normalized spacial score (nSPS) is 13.3. The Morgan fingerprint density at radius 2 is 1.81 bits per heavy atom. The second kappa shape index (κ2) is 7.53. The minimum Gasteiger partial charge on any atom is -0.291 e. The third-order valence-electron chi connectivity index (χ3n) is 4.58. The van der Waals surface area contributed by atoms with Gasteiger partial charge in [0.15, 0.2) is 0 Å². The van der Waals surface area contributed by atoms with Crippen LogP contribution in [0.3, 0.4) is 0 Å². The lowest BCUT2D eigenvalue weighted by Crippen LogP contribution is -2.37. The summed E-state index contributed by atoms with van der Waals surface area (Å²) in [6, 6.07) is 18.4. The summed E-state index contributed by atoms with van der Waals surface area (Å²) in [5.74, 6) is 0.751. The lowest BCUT2D eigenvalue weighted by molar-refractivity contribution is -0.119. The summed E-state index contributed by atoms with van der Waals surface area (Å²) < 4.78 is 1.26. The van der Waals surface area contributed by atoms with Gasteiger partial charge in [-0.1, -0.05) is 36.4 Å². The van der Waals surface area contributed by atoms with Gasteiger partial charge in [0.25, 0.3) is 5.56 Å². The summed E-state index contributed by atoms with van der Waals surface area (Å²) in [5, 5.41) is 4.39. The van der Waals surface area contributed by atoms with E-state index in [9.17, 15) is 9.59 Å². The second-order valence-corrected chi connectivity index (χ2v) is 6.68. The first-order valence-corrected chi connectivity index (χ1v) is 9.04. The molecule has 6 nitrogen and oxygen atoms in total. The molecule has 27 heavy (non-hydrogen) atoms. The molecule has 0 N–H and O–H groups in total. The first-order chi connectivity index (χ1) is 13.2. The highest BCUT2D eigenvalue weighted by Gasteiger charge is 2.26. The molecule has 1 aromatic carbocycles. The third kappa shape index (κ3) is 4.11. The number of hydrogen-bond acceptors (Lipinski definition) is 4. The Bertz CT molecular complexity index is 982. The number of aromatic nitrogens is 3. The molecule has 1 amide bonds. The van der Waals surface area contributed by atoms with Gasteiger partial charge in [0.2, 0.25) is 5.91 Å². The molecule has 1 aliphatic rings. The van der Waals surface area contributed by atoms with Gasteiger partial charge in [0, 0.05) is 18.2 Å². The van der Waals surface area contributed by atoms with E-state index in [1.54, 1.807) is 29.3 Å². The molecule has 0 radical (unpaired) electrons. The van der Waals surface area contributed by atoms with Crippen molar-refractivity contribution < 1.29 is 4.79 Å². The van der Waals surface area contributed by atoms with Crippen LogP contribution in [0, 0.1) is 0 Å². The Labute approximate surface area is 157 Å². The summed E-state index contributed by atoms with van der Waals surface area (Å²) in [6.45, 7) is 0.274. The predicted octanol–water partition coefficient (Wildman–Crippen LogP) is 2.75. The van der Waals surface area contributed by atoms with Gasteiger partial charge in [0.05, 0.1) is 12.2 Å². The van der Waals surface area contributed by atoms with Gasteiger partial charge in [-0.05, 0) is 36.6 Å². The van der Waals surface area contributed by atoms with Gasteiger partial charge in [-0.15, -0.1) is 0 Å². The molecule has 136 valence electrons. The van der Waals surface area contributed by atoms with E-state index >= 15 is 0 Å². The van der Waals surface area contributed by atoms with Crippen molar-refractivity contribution in [3.63, 3.8) is 0 Å². The Kier molecular flexibility index (Phi) is 4.78. The van der Waals surface area contributed by atoms with Crippen molar-refractivity contribution in [3.05, 3.63) is 88.5 Å². The fourth-order valence-electron chi connectivity index (χ4n) is 2.96. The first kappa shape index (κ1) is 17.1. The van der Waals surface area contributed by atoms with E-state index in [1.807, 2.05) is 36.4 Å². The van der Waals surface area contributed by atoms with Crippen molar-refractivity contribution in [2.45, 2.75) is 31.8 Å². The Hall–Kier alpha value is -3.28. The van der Waals surface area contributed by atoms with Gasteiger partial charge in [-0.25, -0.2) is 9.67 Å². The summed E-state index contributed by atoms with van der Waals surface area (Å²) in [5.41, 5.74) is 1.60. The quantitative estimate of drug-likeness (QED) is 0.678. The Morgan fingerprint density at radius 1 is 1.04 bits per heavy atom. The molecule has 2 heterocycles. The smallest absolute Gasteiger partial charge is 0.267 e. The summed E-state index contributed by atoms with van der Waals surface area (Å²) in [6.07, 6.45) is 3.83. The van der Waals surface area contributed by atoms with Gasteiger partial charge < -0.3 is 0 Å². The van der Waals surface area contributed by atoms with Crippen LogP contribution in [-0.4, -0.2) is 20.7 Å². The van der Waals surface area contributed by atoms with Crippen LogP contribution in [0.1, 0.15) is 30.0 Å². The number of pyridine rings is 1. The molecular weight excluding hydrogens is 340 g/mol. The molecular formula is C21H20N4O2. The zero-order chi connectivity index (χ0) is 18.6. The van der Waals surface area contributed by atoms with Crippen LogP contribution in [-0.2, 0) is 17.9 Å². The standard InChI is InChI=1S/C21H20N4O2/c26-20-12-11-18(17-9-10-17)23-25(20)15-21(27)24(19-8-4-5-13-22-19)14-16-6-2-1-3-7-16/h1-8,11-13,17H,9-10,14-15H2. The topological polar surface area (TPSA) is 68.1 Å². The SMILES string of the molecule is O=C(Cn1nc(C2CC2)ccc1=O)N(Cc1ccccc1)c1ccccn1. The van der Waals surface area contributed by atoms with E-state index in [-0.39, 0.29) is 18.0 Å². The number of anilines is 1. The highest BCUT2D eigenvalue weighted by atomic mass is 16.2. The molecule has 0 aliphatic heterocycles. The van der Waals surface area contributed by atoms with Crippen LogP contribution < -0.4 is 10.5 Å². The Morgan fingerprint density at radius 3 is 2.52 bits per heavy atom. The minimum atomic E-state index is -0.270. The number of carbonyl (C=O) groups is 1. The maximum Gasteiger partial charge on any atom is 0.267 e. The van der Waals surface area contributed by atoms with E-state index < -0.39 is 0 Å². The fourth-order valence-corrected chi connectivity index (χ4v) is 2.96. The van der Waals surface area contributed by atoms with Crippen LogP contribution >= 0.6 is 0 Å². The average molecular weight is 360 g/mol. The summed E-state index contributed by atoms with van der Waals surface area (Å²) in [4.78, 5) is 31.1. The van der Waals surface area contributed by atoms with E-state index in [2.05, 4.69) is 10.1 Å². The molecule has 0 unspecified atom stereocenters. The van der Waals surface area contributed by atoms with Gasteiger partial charge in [-0.2, -0.15) is 5.10 Å². The van der Waals surface area contributed by atoms with Gasteiger partial charge in [0.1, 0.15) is 12.4 Å². The molecule has 0 spiro atoms. The molecule has 1 fully saturated rings. The average Bonchev–Trinajstić information content (AvgIpc) is 3.54. The zero-order valence-electron chi connectivity index (χ0n) is 14.9. The number of rotatable bonds is 6. The third-order valence-corrected chi connectivity index (χ3v) is 4.58. The second-order valence-electron chi connectivity index (χ2n) is 6.68. The Balaban J connectivity index is 1.61. The number of amides is 1. The van der Waals surface area contributed by atoms with Crippen molar-refractivity contribution in [1.29, 1.82) is 0 Å². The lowest BCUT2D eigenvalue weighted by atomic mass is 10.2. The number of hydrogen-bond donors (Lipinski definition) is 0. The molecule has 6 heteroatoms. The lowest BCUT2D eigenvalue weighted by Gasteiger charge is -2.22. The molecule has 1 saturated carbocycles. The van der Waals surface area contributed by atoms with Crippen LogP contribution in [0.25, 0.3) is 0 Å². The maximum atomic E-state index is 13.1. The number of carbonyl (C=O) groups excluding carboxylic acids is 1. The molecule has 0 saturated heterocycles. The maximum absolute atomic E-state index is 13.1. The largest absolute Gasteiger partial charge is 0.291 e. The van der Waals surface area contributed by atoms with E-state index in [0.29, 0.717) is 18.3 Å². The number of benzene rings is 1. The van der Waals surface area contributed by atoms with E-state index in [0.717, 1.165) is 24.1 Å². The highest BCUT2D eigenvalue weighted by Crippen LogP contribution is 2.38. The zero-order valence-corrected chi connectivity index (χ0v) is 14.9. The molecule has 0 bridgehead atoms. The number of nitrogens with zero attached hydrogens (tertiary/aromatic N) is 4. The van der Waals surface area contributed by atoms with E-state index in [1.165, 1.54) is 10.7 Å². The molecule has 4 rings (SSSR count). The van der Waals surface area contributed by atoms with Crippen molar-refractivity contribution in [2.75, 3.05) is 4.90 Å². The van der Waals surface area contributed by atoms with Gasteiger partial charge >= 0.3 is 0 Å². The first-order valence-electron chi connectivity index (χ1n) is 9.04. The van der Waals surface area contributed by atoms with Crippen LogP contribution in [0.2, 0.25) is 0 Å². The monoisotopic (exact) mass is 360 g/mol. The summed E-state index contributed by atoms with van der Waals surface area (Å²) >= 11 is 0. The highest BCUT2D eigenvalue weighted by molar-refractivity contribution is 5.92. The fraction of sp³-hybridized carbons (Fsp3) is 0.238. The van der Waals surface area contributed by atoms with Crippen molar-refractivity contribution in [2.24, 2.45) is 0 Å². The molecule has 0 atom stereocenters. The van der Waals surface area contributed by atoms with Crippen molar-refractivity contribution in [3.8, 4) is 0 Å². The molecule has 2 aromatic heterocycles. The van der Waals surface area contributed by atoms with Crippen LogP contribution in [0.4, 0.5) is 5.82 Å². The van der Waals surface area contributed by atoms with Crippen LogP contribution in [0.15, 0.2) is 71.7 Å². The van der Waals surface area contributed by atoms with Crippen molar-refractivity contribution >= 4 is 11.7 Å². The van der Waals surface area contributed by atoms with Gasteiger partial charge in [-0.3, -0.25) is 14.5 Å². The van der Waals surface area contributed by atoms with Crippen LogP contribution in [0.5, 0.6) is 0 Å². The predicted molar refractivity (Wildman–Crippen MR) is 102 cm³/mol. The molecule has 3 aromatic rings.